The van der Waals surface area contributed by atoms with Gasteiger partial charge in [-0.05, 0) is 42.0 Å². The fourth-order valence-electron chi connectivity index (χ4n) is 1.68. The molecule has 0 saturated carbocycles. The van der Waals surface area contributed by atoms with E-state index in [2.05, 4.69) is 21.2 Å². The van der Waals surface area contributed by atoms with Crippen molar-refractivity contribution in [2.24, 2.45) is 5.73 Å². The van der Waals surface area contributed by atoms with Crippen LogP contribution in [-0.2, 0) is 6.54 Å². The van der Waals surface area contributed by atoms with E-state index in [0.29, 0.717) is 11.6 Å². The van der Waals surface area contributed by atoms with Crippen molar-refractivity contribution in [1.82, 2.24) is 0 Å². The Morgan fingerprint density at radius 2 is 2.05 bits per heavy atom. The average molecular weight is 358 g/mol. The van der Waals surface area contributed by atoms with Crippen molar-refractivity contribution in [3.8, 4) is 0 Å². The van der Waals surface area contributed by atoms with Crippen LogP contribution in [0.15, 0.2) is 40.9 Å². The first-order valence-corrected chi connectivity index (χ1v) is 6.91. The van der Waals surface area contributed by atoms with E-state index in [-0.39, 0.29) is 11.3 Å². The van der Waals surface area contributed by atoms with E-state index in [9.17, 15) is 9.18 Å². The Bertz CT molecular complexity index is 664. The van der Waals surface area contributed by atoms with Gasteiger partial charge < -0.3 is 11.1 Å². The molecule has 20 heavy (non-hydrogen) atoms. The molecule has 0 aromatic heterocycles. The van der Waals surface area contributed by atoms with Gasteiger partial charge in [-0.2, -0.15) is 0 Å². The largest absolute Gasteiger partial charge is 0.379 e. The summed E-state index contributed by atoms with van der Waals surface area (Å²) in [4.78, 5) is 11.1. The highest BCUT2D eigenvalue weighted by Gasteiger charge is 2.08. The molecule has 0 heterocycles. The molecule has 0 saturated heterocycles. The number of hydrogen-bond donors (Lipinski definition) is 2. The molecule has 0 unspecified atom stereocenters. The van der Waals surface area contributed by atoms with Gasteiger partial charge in [-0.15, -0.1) is 0 Å². The summed E-state index contributed by atoms with van der Waals surface area (Å²) in [6.45, 7) is 0.331. The molecular formula is C14H11BrClFN2O. The number of nitrogens with one attached hydrogen (secondary N) is 1. The second-order valence-corrected chi connectivity index (χ2v) is 5.47. The molecule has 1 amide bonds. The number of halogens is 3. The molecule has 0 aliphatic heterocycles. The first kappa shape index (κ1) is 14.8. The minimum absolute atomic E-state index is 0.206. The zero-order valence-corrected chi connectivity index (χ0v) is 12.6. The standard InChI is InChI=1S/C14H11BrClFN2O/c15-10-2-3-11(16)9(5-10)7-19-13-6-8(14(18)20)1-4-12(13)17/h1-6,19H,7H2,(H2,18,20). The van der Waals surface area contributed by atoms with Gasteiger partial charge >= 0.3 is 0 Å². The lowest BCUT2D eigenvalue weighted by atomic mass is 10.1. The maximum absolute atomic E-state index is 13.7. The Kier molecular flexibility index (Phi) is 4.62. The molecule has 2 aromatic rings. The lowest BCUT2D eigenvalue weighted by molar-refractivity contribution is 0.100. The minimum Gasteiger partial charge on any atom is -0.379 e. The van der Waals surface area contributed by atoms with Crippen LogP contribution in [0, 0.1) is 5.82 Å². The second-order valence-electron chi connectivity index (χ2n) is 4.15. The summed E-state index contributed by atoms with van der Waals surface area (Å²) in [6, 6.07) is 9.33. The lowest BCUT2D eigenvalue weighted by Gasteiger charge is -2.10. The van der Waals surface area contributed by atoms with E-state index in [4.69, 9.17) is 17.3 Å². The smallest absolute Gasteiger partial charge is 0.248 e. The third-order valence-corrected chi connectivity index (χ3v) is 3.59. The van der Waals surface area contributed by atoms with Crippen LogP contribution in [-0.4, -0.2) is 5.91 Å². The first-order valence-electron chi connectivity index (χ1n) is 5.74. The molecule has 0 aliphatic rings. The number of primary amides is 1. The normalized spacial score (nSPS) is 10.3. The number of rotatable bonds is 4. The maximum Gasteiger partial charge on any atom is 0.248 e. The van der Waals surface area contributed by atoms with Crippen molar-refractivity contribution < 1.29 is 9.18 Å². The summed E-state index contributed by atoms with van der Waals surface area (Å²) >= 11 is 9.40. The Hall–Kier alpha value is -1.59. The SMILES string of the molecule is NC(=O)c1ccc(F)c(NCc2cc(Br)ccc2Cl)c1. The van der Waals surface area contributed by atoms with Gasteiger partial charge in [0.25, 0.3) is 0 Å². The van der Waals surface area contributed by atoms with Gasteiger partial charge in [-0.1, -0.05) is 27.5 Å². The Morgan fingerprint density at radius 3 is 2.75 bits per heavy atom. The van der Waals surface area contributed by atoms with Crippen LogP contribution >= 0.6 is 27.5 Å². The average Bonchev–Trinajstić information content (AvgIpc) is 2.41. The van der Waals surface area contributed by atoms with Crippen LogP contribution in [0.5, 0.6) is 0 Å². The summed E-state index contributed by atoms with van der Waals surface area (Å²) in [5.41, 5.74) is 6.43. The van der Waals surface area contributed by atoms with Crippen LogP contribution < -0.4 is 11.1 Å². The van der Waals surface area contributed by atoms with E-state index in [1.807, 2.05) is 12.1 Å². The molecule has 3 nitrogen and oxygen atoms in total. The number of hydrogen-bond acceptors (Lipinski definition) is 2. The number of anilines is 1. The van der Waals surface area contributed by atoms with E-state index in [1.54, 1.807) is 6.07 Å². The quantitative estimate of drug-likeness (QED) is 0.870. The van der Waals surface area contributed by atoms with Crippen LogP contribution in [0.3, 0.4) is 0 Å². The summed E-state index contributed by atoms with van der Waals surface area (Å²) in [7, 11) is 0. The Labute approximate surface area is 129 Å². The van der Waals surface area contributed by atoms with Crippen molar-refractivity contribution in [3.63, 3.8) is 0 Å². The molecule has 0 aliphatic carbocycles. The van der Waals surface area contributed by atoms with E-state index in [1.165, 1.54) is 18.2 Å². The van der Waals surface area contributed by atoms with Crippen LogP contribution in [0.25, 0.3) is 0 Å². The second kappa shape index (κ2) is 6.24. The minimum atomic E-state index is -0.603. The molecule has 0 bridgehead atoms. The van der Waals surface area contributed by atoms with Crippen molar-refractivity contribution in [2.75, 3.05) is 5.32 Å². The van der Waals surface area contributed by atoms with Crippen molar-refractivity contribution in [1.29, 1.82) is 0 Å². The lowest BCUT2D eigenvalue weighted by Crippen LogP contribution is -2.12. The van der Waals surface area contributed by atoms with E-state index in [0.717, 1.165) is 10.0 Å². The number of carbonyl (C=O) groups excluding carboxylic acids is 1. The van der Waals surface area contributed by atoms with Gasteiger partial charge in [0.2, 0.25) is 5.91 Å². The Morgan fingerprint density at radius 1 is 1.30 bits per heavy atom. The zero-order chi connectivity index (χ0) is 14.7. The van der Waals surface area contributed by atoms with Crippen molar-refractivity contribution in [2.45, 2.75) is 6.54 Å². The highest BCUT2D eigenvalue weighted by Crippen LogP contribution is 2.23. The van der Waals surface area contributed by atoms with Crippen LogP contribution in [0.2, 0.25) is 5.02 Å². The van der Waals surface area contributed by atoms with Gasteiger partial charge in [0.1, 0.15) is 5.82 Å². The van der Waals surface area contributed by atoms with Gasteiger partial charge in [-0.25, -0.2) is 4.39 Å². The number of carbonyl (C=O) groups is 1. The fourth-order valence-corrected chi connectivity index (χ4v) is 2.28. The highest BCUT2D eigenvalue weighted by molar-refractivity contribution is 9.10. The molecule has 0 radical (unpaired) electrons. The summed E-state index contributed by atoms with van der Waals surface area (Å²) in [6.07, 6.45) is 0. The predicted molar refractivity (Wildman–Crippen MR) is 81.4 cm³/mol. The van der Waals surface area contributed by atoms with Crippen molar-refractivity contribution in [3.05, 3.63) is 62.8 Å². The van der Waals surface area contributed by atoms with Gasteiger partial charge in [0.15, 0.2) is 0 Å². The monoisotopic (exact) mass is 356 g/mol. The predicted octanol–water partition coefficient (Wildman–Crippen LogP) is 3.95. The third kappa shape index (κ3) is 3.49. The van der Waals surface area contributed by atoms with Crippen molar-refractivity contribution >= 4 is 39.1 Å². The molecule has 2 rings (SSSR count). The third-order valence-electron chi connectivity index (χ3n) is 2.73. The van der Waals surface area contributed by atoms with E-state index < -0.39 is 11.7 Å². The summed E-state index contributed by atoms with van der Waals surface area (Å²) < 4.78 is 14.5. The Balaban J connectivity index is 2.20. The van der Waals surface area contributed by atoms with Crippen LogP contribution in [0.1, 0.15) is 15.9 Å². The molecule has 104 valence electrons. The number of amides is 1. The topological polar surface area (TPSA) is 55.1 Å². The maximum atomic E-state index is 13.7. The van der Waals surface area contributed by atoms with Gasteiger partial charge in [0.05, 0.1) is 5.69 Å². The number of benzene rings is 2. The summed E-state index contributed by atoms with van der Waals surface area (Å²) in [5.74, 6) is -1.06. The summed E-state index contributed by atoms with van der Waals surface area (Å²) in [5, 5.41) is 3.48. The molecular weight excluding hydrogens is 347 g/mol. The molecule has 0 fully saturated rings. The van der Waals surface area contributed by atoms with Crippen LogP contribution in [0.4, 0.5) is 10.1 Å². The first-order chi connectivity index (χ1) is 9.47. The van der Waals surface area contributed by atoms with Gasteiger partial charge in [-0.3, -0.25) is 4.79 Å². The molecule has 0 spiro atoms. The molecule has 0 atom stereocenters. The molecule has 3 N–H and O–H groups in total. The van der Waals surface area contributed by atoms with Gasteiger partial charge in [0, 0.05) is 21.6 Å². The highest BCUT2D eigenvalue weighted by atomic mass is 79.9. The van der Waals surface area contributed by atoms with E-state index >= 15 is 0 Å². The zero-order valence-electron chi connectivity index (χ0n) is 10.3. The fraction of sp³-hybridized carbons (Fsp3) is 0.0714. The molecule has 6 heteroatoms. The number of nitrogens with two attached hydrogens (primary N) is 1. The molecule has 2 aromatic carbocycles.